The van der Waals surface area contributed by atoms with E-state index in [0.29, 0.717) is 11.4 Å². The first kappa shape index (κ1) is 18.9. The molecule has 144 valence electrons. The van der Waals surface area contributed by atoms with Crippen molar-refractivity contribution in [1.29, 1.82) is 0 Å². The molecule has 0 saturated heterocycles. The SMILES string of the molecule is CSc1nnc(S[C@H](C)C(=O)Nc2ccc3c(c2)OC2(CCCCC2)O3)s1. The molecule has 1 N–H and O–H groups in total. The summed E-state index contributed by atoms with van der Waals surface area (Å²) >= 11 is 4.47. The average Bonchev–Trinajstić information content (AvgIpc) is 3.25. The van der Waals surface area contributed by atoms with Crippen LogP contribution in [-0.2, 0) is 4.79 Å². The molecule has 9 heteroatoms. The highest BCUT2D eigenvalue weighted by atomic mass is 32.2. The number of nitrogens with one attached hydrogen (secondary N) is 1. The summed E-state index contributed by atoms with van der Waals surface area (Å²) in [5.74, 6) is 0.894. The quantitative estimate of drug-likeness (QED) is 0.692. The molecular formula is C18H21N3O3S3. The summed E-state index contributed by atoms with van der Waals surface area (Å²) in [6.07, 6.45) is 7.26. The van der Waals surface area contributed by atoms with E-state index < -0.39 is 5.79 Å². The van der Waals surface area contributed by atoms with Crippen molar-refractivity contribution < 1.29 is 14.3 Å². The average molecular weight is 424 g/mol. The molecule has 2 heterocycles. The van der Waals surface area contributed by atoms with Crippen molar-refractivity contribution in [2.75, 3.05) is 11.6 Å². The first-order valence-electron chi connectivity index (χ1n) is 8.94. The van der Waals surface area contributed by atoms with Crippen LogP contribution in [0.25, 0.3) is 0 Å². The molecule has 1 amide bonds. The second kappa shape index (κ2) is 7.89. The fourth-order valence-corrected chi connectivity index (χ4v) is 5.82. The van der Waals surface area contributed by atoms with E-state index in [1.807, 2.05) is 31.4 Å². The van der Waals surface area contributed by atoms with Gasteiger partial charge in [0.05, 0.1) is 5.25 Å². The summed E-state index contributed by atoms with van der Waals surface area (Å²) in [6, 6.07) is 5.59. The fraction of sp³-hybridized carbons (Fsp3) is 0.500. The van der Waals surface area contributed by atoms with Crippen LogP contribution in [0.3, 0.4) is 0 Å². The number of benzene rings is 1. The number of hydrogen-bond donors (Lipinski definition) is 1. The Labute approximate surface area is 170 Å². The molecule has 0 bridgehead atoms. The first-order valence-corrected chi connectivity index (χ1v) is 11.9. The zero-order valence-corrected chi connectivity index (χ0v) is 17.6. The lowest BCUT2D eigenvalue weighted by molar-refractivity contribution is -0.115. The van der Waals surface area contributed by atoms with Crippen LogP contribution < -0.4 is 14.8 Å². The molecule has 0 unspecified atom stereocenters. The summed E-state index contributed by atoms with van der Waals surface area (Å²) in [5, 5.41) is 10.9. The highest BCUT2D eigenvalue weighted by Crippen LogP contribution is 2.46. The van der Waals surface area contributed by atoms with Gasteiger partial charge in [0.1, 0.15) is 0 Å². The number of nitrogens with zero attached hydrogens (tertiary/aromatic N) is 2. The fourth-order valence-electron chi connectivity index (χ4n) is 3.24. The predicted molar refractivity (Wildman–Crippen MR) is 109 cm³/mol. The molecule has 1 aliphatic carbocycles. The predicted octanol–water partition coefficient (Wildman–Crippen LogP) is 4.81. The van der Waals surface area contributed by atoms with Crippen molar-refractivity contribution in [2.24, 2.45) is 0 Å². The van der Waals surface area contributed by atoms with Gasteiger partial charge in [0.25, 0.3) is 5.79 Å². The number of hydrogen-bond acceptors (Lipinski definition) is 8. The monoisotopic (exact) mass is 423 g/mol. The number of carbonyl (C=O) groups is 1. The molecule has 1 aromatic carbocycles. The maximum Gasteiger partial charge on any atom is 0.251 e. The van der Waals surface area contributed by atoms with Gasteiger partial charge in [0.2, 0.25) is 5.91 Å². The van der Waals surface area contributed by atoms with Crippen LogP contribution in [0.4, 0.5) is 5.69 Å². The van der Waals surface area contributed by atoms with E-state index in [-0.39, 0.29) is 11.2 Å². The number of anilines is 1. The standard InChI is InChI=1S/C18H21N3O3S3/c1-11(26-17-21-20-16(25-2)27-17)15(22)19-12-6-7-13-14(10-12)24-18(23-13)8-4-3-5-9-18/h6-7,10-11H,3-5,8-9H2,1-2H3,(H,19,22)/t11-/m1/s1. The van der Waals surface area contributed by atoms with E-state index in [9.17, 15) is 4.79 Å². The lowest BCUT2D eigenvalue weighted by atomic mass is 9.94. The molecule has 1 fully saturated rings. The number of rotatable bonds is 5. The van der Waals surface area contributed by atoms with Gasteiger partial charge in [-0.1, -0.05) is 41.3 Å². The largest absolute Gasteiger partial charge is 0.448 e. The number of amides is 1. The van der Waals surface area contributed by atoms with Crippen LogP contribution >= 0.6 is 34.9 Å². The summed E-state index contributed by atoms with van der Waals surface area (Å²) in [7, 11) is 0. The molecule has 0 radical (unpaired) electrons. The van der Waals surface area contributed by atoms with Crippen molar-refractivity contribution in [2.45, 2.75) is 58.7 Å². The third-order valence-corrected chi connectivity index (χ3v) is 7.71. The minimum Gasteiger partial charge on any atom is -0.448 e. The van der Waals surface area contributed by atoms with E-state index in [0.717, 1.165) is 40.1 Å². The van der Waals surface area contributed by atoms with Crippen molar-refractivity contribution in [3.63, 3.8) is 0 Å². The van der Waals surface area contributed by atoms with E-state index in [2.05, 4.69) is 15.5 Å². The molecule has 2 aliphatic rings. The zero-order chi connectivity index (χ0) is 18.9. The zero-order valence-electron chi connectivity index (χ0n) is 15.2. The van der Waals surface area contributed by atoms with Crippen LogP contribution in [0.15, 0.2) is 26.9 Å². The minimum absolute atomic E-state index is 0.0767. The molecule has 1 atom stereocenters. The number of aromatic nitrogens is 2. The highest BCUT2D eigenvalue weighted by Gasteiger charge is 2.42. The number of fused-ring (bicyclic) bond motifs is 1. The molecule has 1 spiro atoms. The molecule has 1 aromatic heterocycles. The molecular weight excluding hydrogens is 402 g/mol. The van der Waals surface area contributed by atoms with E-state index in [1.54, 1.807) is 11.8 Å². The van der Waals surface area contributed by atoms with Crippen molar-refractivity contribution in [3.8, 4) is 11.5 Å². The molecule has 27 heavy (non-hydrogen) atoms. The second-order valence-electron chi connectivity index (χ2n) is 6.62. The highest BCUT2D eigenvalue weighted by molar-refractivity contribution is 8.03. The number of carbonyl (C=O) groups excluding carboxylic acids is 1. The third kappa shape index (κ3) is 4.20. The molecule has 6 nitrogen and oxygen atoms in total. The number of ether oxygens (including phenoxy) is 2. The van der Waals surface area contributed by atoms with Crippen LogP contribution in [0.2, 0.25) is 0 Å². The normalized spacial score (nSPS) is 18.4. The van der Waals surface area contributed by atoms with Crippen molar-refractivity contribution >= 4 is 46.5 Å². The van der Waals surface area contributed by atoms with Gasteiger partial charge in [-0.25, -0.2) is 0 Å². The van der Waals surface area contributed by atoms with Gasteiger partial charge in [-0.3, -0.25) is 4.79 Å². The topological polar surface area (TPSA) is 73.3 Å². The number of thioether (sulfide) groups is 2. The minimum atomic E-state index is -0.501. The maximum atomic E-state index is 12.5. The Balaban J connectivity index is 1.38. The smallest absolute Gasteiger partial charge is 0.251 e. The Kier molecular flexibility index (Phi) is 5.52. The first-order chi connectivity index (χ1) is 13.1. The van der Waals surface area contributed by atoms with Gasteiger partial charge in [-0.15, -0.1) is 10.2 Å². The van der Waals surface area contributed by atoms with Crippen LogP contribution in [0.1, 0.15) is 39.0 Å². The van der Waals surface area contributed by atoms with Crippen LogP contribution in [-0.4, -0.2) is 33.4 Å². The van der Waals surface area contributed by atoms with Crippen molar-refractivity contribution in [3.05, 3.63) is 18.2 Å². The summed E-state index contributed by atoms with van der Waals surface area (Å²) in [6.45, 7) is 1.87. The Hall–Kier alpha value is -1.45. The van der Waals surface area contributed by atoms with Gasteiger partial charge < -0.3 is 14.8 Å². The van der Waals surface area contributed by atoms with Crippen LogP contribution in [0.5, 0.6) is 11.5 Å². The Morgan fingerprint density at radius 3 is 2.67 bits per heavy atom. The molecule has 1 aliphatic heterocycles. The third-order valence-electron chi connectivity index (χ3n) is 4.63. The van der Waals surface area contributed by atoms with Gasteiger partial charge in [-0.2, -0.15) is 0 Å². The summed E-state index contributed by atoms with van der Waals surface area (Å²) in [5.41, 5.74) is 0.713. The molecule has 2 aromatic rings. The second-order valence-corrected chi connectivity index (χ2v) is 10.2. The van der Waals surface area contributed by atoms with E-state index in [1.165, 1.54) is 29.5 Å². The summed E-state index contributed by atoms with van der Waals surface area (Å²) < 4.78 is 13.9. The van der Waals surface area contributed by atoms with E-state index in [4.69, 9.17) is 9.47 Å². The van der Waals surface area contributed by atoms with Gasteiger partial charge in [0, 0.05) is 24.6 Å². The Morgan fingerprint density at radius 1 is 1.19 bits per heavy atom. The van der Waals surface area contributed by atoms with E-state index >= 15 is 0 Å². The molecule has 1 saturated carbocycles. The van der Waals surface area contributed by atoms with Crippen LogP contribution in [0, 0.1) is 0 Å². The lowest BCUT2D eigenvalue weighted by Crippen LogP contribution is -2.40. The summed E-state index contributed by atoms with van der Waals surface area (Å²) in [4.78, 5) is 12.5. The maximum absolute atomic E-state index is 12.5. The molecule has 4 rings (SSSR count). The van der Waals surface area contributed by atoms with Gasteiger partial charge >= 0.3 is 0 Å². The Bertz CT molecular complexity index is 836. The van der Waals surface area contributed by atoms with Gasteiger partial charge in [-0.05, 0) is 38.2 Å². The van der Waals surface area contributed by atoms with Gasteiger partial charge in [0.15, 0.2) is 20.2 Å². The van der Waals surface area contributed by atoms with Crippen molar-refractivity contribution in [1.82, 2.24) is 10.2 Å². The Morgan fingerprint density at radius 2 is 1.93 bits per heavy atom. The lowest BCUT2D eigenvalue weighted by Gasteiger charge is -2.31.